The number of ether oxygens (including phenoxy) is 1. The van der Waals surface area contributed by atoms with Gasteiger partial charge in [-0.3, -0.25) is 5.43 Å². The molecule has 4 nitrogen and oxygen atoms in total. The van der Waals surface area contributed by atoms with Gasteiger partial charge in [0.05, 0.1) is 12.8 Å². The molecule has 2 atom stereocenters. The van der Waals surface area contributed by atoms with E-state index in [1.54, 1.807) is 0 Å². The van der Waals surface area contributed by atoms with Crippen molar-refractivity contribution in [2.75, 3.05) is 6.61 Å². The van der Waals surface area contributed by atoms with Crippen LogP contribution in [0.4, 0.5) is 0 Å². The van der Waals surface area contributed by atoms with Gasteiger partial charge < -0.3 is 10.5 Å². The summed E-state index contributed by atoms with van der Waals surface area (Å²) in [5, 5.41) is 0. The molecule has 18 heavy (non-hydrogen) atoms. The van der Waals surface area contributed by atoms with E-state index < -0.39 is 0 Å². The highest BCUT2D eigenvalue weighted by Gasteiger charge is 2.20. The number of aryl methyl sites for hydroxylation is 2. The average Bonchev–Trinajstić information content (AvgIpc) is 2.74. The predicted molar refractivity (Wildman–Crippen MR) is 73.4 cm³/mol. The molecule has 1 aliphatic heterocycles. The fourth-order valence-corrected chi connectivity index (χ4v) is 2.29. The Balaban J connectivity index is 1.88. The zero-order valence-corrected chi connectivity index (χ0v) is 11.4. The van der Waals surface area contributed by atoms with Crippen LogP contribution < -0.4 is 21.3 Å². The zero-order valence-electron chi connectivity index (χ0n) is 11.4. The van der Waals surface area contributed by atoms with Crippen molar-refractivity contribution >= 4 is 0 Å². The molecule has 4 N–H and O–H groups in total. The predicted octanol–water partition coefficient (Wildman–Crippen LogP) is 1.53. The van der Waals surface area contributed by atoms with Crippen molar-refractivity contribution < 1.29 is 4.74 Å². The second-order valence-electron chi connectivity index (χ2n) is 5.12. The summed E-state index contributed by atoms with van der Waals surface area (Å²) in [7, 11) is 0. The minimum Gasteiger partial charge on any atom is -0.493 e. The van der Waals surface area contributed by atoms with Gasteiger partial charge in [0.25, 0.3) is 0 Å². The molecule has 2 unspecified atom stereocenters. The SMILES string of the molecule is Cc1ccc(C)c(OCCC2CC(N)NN2)c1C. The third kappa shape index (κ3) is 3.02. The maximum absolute atomic E-state index is 5.94. The van der Waals surface area contributed by atoms with Crippen LogP contribution in [-0.4, -0.2) is 18.8 Å². The molecule has 1 aromatic carbocycles. The minimum atomic E-state index is 0.0671. The van der Waals surface area contributed by atoms with E-state index in [1.165, 1.54) is 16.7 Å². The van der Waals surface area contributed by atoms with Crippen LogP contribution in [0.15, 0.2) is 12.1 Å². The molecule has 1 aromatic rings. The highest BCUT2D eigenvalue weighted by Crippen LogP contribution is 2.25. The van der Waals surface area contributed by atoms with E-state index in [0.717, 1.165) is 25.2 Å². The van der Waals surface area contributed by atoms with Gasteiger partial charge in [-0.15, -0.1) is 0 Å². The first-order valence-electron chi connectivity index (χ1n) is 6.54. The minimum absolute atomic E-state index is 0.0671. The largest absolute Gasteiger partial charge is 0.493 e. The van der Waals surface area contributed by atoms with E-state index >= 15 is 0 Å². The molecule has 0 aliphatic carbocycles. The highest BCUT2D eigenvalue weighted by atomic mass is 16.5. The Morgan fingerprint density at radius 1 is 1.22 bits per heavy atom. The summed E-state index contributed by atoms with van der Waals surface area (Å²) in [6, 6.07) is 4.66. The summed E-state index contributed by atoms with van der Waals surface area (Å²) in [5.41, 5.74) is 15.7. The third-order valence-corrected chi connectivity index (χ3v) is 3.60. The number of benzene rings is 1. The van der Waals surface area contributed by atoms with Crippen LogP contribution >= 0.6 is 0 Å². The van der Waals surface area contributed by atoms with E-state index in [9.17, 15) is 0 Å². The molecule has 100 valence electrons. The fourth-order valence-electron chi connectivity index (χ4n) is 2.29. The second-order valence-corrected chi connectivity index (χ2v) is 5.12. The molecule has 1 heterocycles. The van der Waals surface area contributed by atoms with Crippen molar-refractivity contribution in [1.29, 1.82) is 0 Å². The van der Waals surface area contributed by atoms with E-state index in [4.69, 9.17) is 10.5 Å². The molecule has 1 saturated heterocycles. The monoisotopic (exact) mass is 249 g/mol. The Morgan fingerprint density at radius 2 is 1.94 bits per heavy atom. The van der Waals surface area contributed by atoms with Gasteiger partial charge in [-0.25, -0.2) is 5.43 Å². The molecule has 1 fully saturated rings. The first-order valence-corrected chi connectivity index (χ1v) is 6.54. The molecule has 0 aromatic heterocycles. The van der Waals surface area contributed by atoms with E-state index in [2.05, 4.69) is 43.8 Å². The Kier molecular flexibility index (Phi) is 4.22. The molecular formula is C14H23N3O. The van der Waals surface area contributed by atoms with Crippen molar-refractivity contribution in [2.45, 2.75) is 45.8 Å². The Labute approximate surface area is 109 Å². The number of rotatable bonds is 4. The van der Waals surface area contributed by atoms with Gasteiger partial charge in [0.2, 0.25) is 0 Å². The van der Waals surface area contributed by atoms with Gasteiger partial charge >= 0.3 is 0 Å². The van der Waals surface area contributed by atoms with Crippen LogP contribution in [0.5, 0.6) is 5.75 Å². The lowest BCUT2D eigenvalue weighted by molar-refractivity contribution is 0.286. The third-order valence-electron chi connectivity index (χ3n) is 3.60. The van der Waals surface area contributed by atoms with Crippen molar-refractivity contribution in [3.05, 3.63) is 28.8 Å². The van der Waals surface area contributed by atoms with Crippen LogP contribution in [0.1, 0.15) is 29.5 Å². The van der Waals surface area contributed by atoms with Gasteiger partial charge in [0.1, 0.15) is 5.75 Å². The first-order chi connectivity index (χ1) is 8.58. The molecule has 0 bridgehead atoms. The van der Waals surface area contributed by atoms with Gasteiger partial charge in [0, 0.05) is 6.04 Å². The molecule has 0 saturated carbocycles. The number of hydrogen-bond acceptors (Lipinski definition) is 4. The summed E-state index contributed by atoms with van der Waals surface area (Å²) in [4.78, 5) is 0. The Morgan fingerprint density at radius 3 is 2.61 bits per heavy atom. The normalized spacial score (nSPS) is 23.3. The standard InChI is InChI=1S/C14H23N3O/c1-9-4-5-10(2)14(11(9)3)18-7-6-12-8-13(15)17-16-12/h4-5,12-13,16-17H,6-8,15H2,1-3H3. The van der Waals surface area contributed by atoms with E-state index in [0.29, 0.717) is 6.04 Å². The zero-order chi connectivity index (χ0) is 13.1. The first kappa shape index (κ1) is 13.3. The molecule has 0 radical (unpaired) electrons. The summed E-state index contributed by atoms with van der Waals surface area (Å²) in [5.74, 6) is 1.03. The van der Waals surface area contributed by atoms with Crippen LogP contribution in [0.25, 0.3) is 0 Å². The molecule has 0 spiro atoms. The maximum atomic E-state index is 5.94. The smallest absolute Gasteiger partial charge is 0.125 e. The van der Waals surface area contributed by atoms with Crippen molar-refractivity contribution in [1.82, 2.24) is 10.9 Å². The topological polar surface area (TPSA) is 59.3 Å². The van der Waals surface area contributed by atoms with Crippen molar-refractivity contribution in [3.63, 3.8) is 0 Å². The van der Waals surface area contributed by atoms with Gasteiger partial charge in [-0.2, -0.15) is 0 Å². The summed E-state index contributed by atoms with van der Waals surface area (Å²) < 4.78 is 5.94. The summed E-state index contributed by atoms with van der Waals surface area (Å²) in [6.07, 6.45) is 1.99. The van der Waals surface area contributed by atoms with Crippen LogP contribution in [-0.2, 0) is 0 Å². The van der Waals surface area contributed by atoms with Gasteiger partial charge in [-0.05, 0) is 50.3 Å². The number of nitrogens with one attached hydrogen (secondary N) is 2. The van der Waals surface area contributed by atoms with Gasteiger partial charge in [-0.1, -0.05) is 12.1 Å². The lowest BCUT2D eigenvalue weighted by atomic mass is 10.1. The van der Waals surface area contributed by atoms with Crippen LogP contribution in [0, 0.1) is 20.8 Å². The molecule has 2 rings (SSSR count). The van der Waals surface area contributed by atoms with E-state index in [-0.39, 0.29) is 6.17 Å². The van der Waals surface area contributed by atoms with Gasteiger partial charge in [0.15, 0.2) is 0 Å². The fraction of sp³-hybridized carbons (Fsp3) is 0.571. The molecule has 0 amide bonds. The van der Waals surface area contributed by atoms with Crippen LogP contribution in [0.2, 0.25) is 0 Å². The number of hydrogen-bond donors (Lipinski definition) is 3. The van der Waals surface area contributed by atoms with E-state index in [1.807, 2.05) is 0 Å². The summed E-state index contributed by atoms with van der Waals surface area (Å²) in [6.45, 7) is 7.04. The Hall–Kier alpha value is -1.10. The van der Waals surface area contributed by atoms with Crippen molar-refractivity contribution in [3.8, 4) is 5.75 Å². The van der Waals surface area contributed by atoms with Crippen LogP contribution in [0.3, 0.4) is 0 Å². The second kappa shape index (κ2) is 5.69. The maximum Gasteiger partial charge on any atom is 0.125 e. The lowest BCUT2D eigenvalue weighted by Crippen LogP contribution is -2.37. The molecule has 1 aliphatic rings. The van der Waals surface area contributed by atoms with Crippen molar-refractivity contribution in [2.24, 2.45) is 5.73 Å². The highest BCUT2D eigenvalue weighted by molar-refractivity contribution is 5.44. The quantitative estimate of drug-likeness (QED) is 0.757. The average molecular weight is 249 g/mol. The number of nitrogens with two attached hydrogens (primary N) is 1. The molecular weight excluding hydrogens is 226 g/mol. The lowest BCUT2D eigenvalue weighted by Gasteiger charge is -2.15. The molecule has 4 heteroatoms. The Bertz CT molecular complexity index is 420. The summed E-state index contributed by atoms with van der Waals surface area (Å²) >= 11 is 0. The number of hydrazine groups is 1.